The van der Waals surface area contributed by atoms with Crippen molar-refractivity contribution < 1.29 is 9.53 Å². The van der Waals surface area contributed by atoms with Crippen LogP contribution < -0.4 is 0 Å². The first kappa shape index (κ1) is 12.9. The van der Waals surface area contributed by atoms with E-state index in [0.717, 1.165) is 23.7 Å². The van der Waals surface area contributed by atoms with Gasteiger partial charge in [0.1, 0.15) is 3.92 Å². The Kier molecular flexibility index (Phi) is 9.19. The van der Waals surface area contributed by atoms with E-state index in [4.69, 9.17) is 4.74 Å². The number of rotatable bonds is 6. The number of carbonyl (C=O) groups is 1. The maximum Gasteiger partial charge on any atom is 0.318 e. The molecule has 0 aliphatic rings. The van der Waals surface area contributed by atoms with Gasteiger partial charge in [0.25, 0.3) is 0 Å². The van der Waals surface area contributed by atoms with Crippen molar-refractivity contribution in [2.75, 3.05) is 11.0 Å². The summed E-state index contributed by atoms with van der Waals surface area (Å²) in [5.74, 6) is -0.0549. The standard InChI is InChI=1S/C8H14I2O2/c1-2-3-6-12-8(11)7(10)4-5-9/h7H,2-6H2,1H3. The number of alkyl halides is 2. The van der Waals surface area contributed by atoms with E-state index in [0.29, 0.717) is 6.61 Å². The van der Waals surface area contributed by atoms with Gasteiger partial charge >= 0.3 is 5.97 Å². The zero-order valence-corrected chi connectivity index (χ0v) is 11.5. The minimum atomic E-state index is -0.0549. The van der Waals surface area contributed by atoms with Crippen molar-refractivity contribution in [1.82, 2.24) is 0 Å². The predicted molar refractivity (Wildman–Crippen MR) is 67.2 cm³/mol. The topological polar surface area (TPSA) is 26.3 Å². The van der Waals surface area contributed by atoms with Gasteiger partial charge in [0.05, 0.1) is 6.61 Å². The van der Waals surface area contributed by atoms with Crippen molar-refractivity contribution in [3.63, 3.8) is 0 Å². The molecule has 1 unspecified atom stereocenters. The van der Waals surface area contributed by atoms with Crippen LogP contribution in [-0.4, -0.2) is 20.9 Å². The Balaban J connectivity index is 3.43. The molecule has 0 aromatic carbocycles. The summed E-state index contributed by atoms with van der Waals surface area (Å²) >= 11 is 4.41. The Morgan fingerprint density at radius 2 is 2.25 bits per heavy atom. The van der Waals surface area contributed by atoms with Crippen molar-refractivity contribution in [3.8, 4) is 0 Å². The van der Waals surface area contributed by atoms with Gasteiger partial charge in [-0.05, 0) is 12.8 Å². The minimum absolute atomic E-state index is 0.0383. The molecule has 0 bridgehead atoms. The Morgan fingerprint density at radius 1 is 1.58 bits per heavy atom. The second kappa shape index (κ2) is 8.52. The average molecular weight is 396 g/mol. The summed E-state index contributed by atoms with van der Waals surface area (Å²) in [6, 6.07) is 0. The molecule has 0 aromatic heterocycles. The van der Waals surface area contributed by atoms with E-state index in [1.54, 1.807) is 0 Å². The van der Waals surface area contributed by atoms with Gasteiger partial charge < -0.3 is 4.74 Å². The van der Waals surface area contributed by atoms with Crippen LogP contribution >= 0.6 is 45.2 Å². The van der Waals surface area contributed by atoms with Crippen LogP contribution in [0.25, 0.3) is 0 Å². The number of unbranched alkanes of at least 4 members (excludes halogenated alkanes) is 1. The van der Waals surface area contributed by atoms with Crippen LogP contribution in [-0.2, 0) is 9.53 Å². The molecule has 0 aliphatic carbocycles. The van der Waals surface area contributed by atoms with Crippen LogP contribution in [0.15, 0.2) is 0 Å². The van der Waals surface area contributed by atoms with E-state index in [1.807, 2.05) is 0 Å². The summed E-state index contributed by atoms with van der Waals surface area (Å²) in [5.41, 5.74) is 0. The Labute approximate surface area is 101 Å². The maximum absolute atomic E-state index is 11.2. The van der Waals surface area contributed by atoms with Gasteiger partial charge in [-0.3, -0.25) is 4.79 Å². The van der Waals surface area contributed by atoms with Crippen LogP contribution in [0.4, 0.5) is 0 Å². The molecule has 1 atom stereocenters. The highest BCUT2D eigenvalue weighted by molar-refractivity contribution is 14.1. The third-order valence-electron chi connectivity index (χ3n) is 1.36. The van der Waals surface area contributed by atoms with Crippen LogP contribution in [0.3, 0.4) is 0 Å². The fourth-order valence-electron chi connectivity index (χ4n) is 0.621. The summed E-state index contributed by atoms with van der Waals surface area (Å²) in [7, 11) is 0. The van der Waals surface area contributed by atoms with Crippen molar-refractivity contribution in [2.24, 2.45) is 0 Å². The first-order valence-electron chi connectivity index (χ1n) is 4.09. The van der Waals surface area contributed by atoms with E-state index < -0.39 is 0 Å². The third-order valence-corrected chi connectivity index (χ3v) is 3.11. The molecule has 4 heteroatoms. The van der Waals surface area contributed by atoms with Crippen LogP contribution in [0, 0.1) is 0 Å². The summed E-state index contributed by atoms with van der Waals surface area (Å²) in [4.78, 5) is 11.2. The summed E-state index contributed by atoms with van der Waals surface area (Å²) in [6.45, 7) is 2.66. The SMILES string of the molecule is CCCCOC(=O)C(I)CCI. The van der Waals surface area contributed by atoms with E-state index in [9.17, 15) is 4.79 Å². The van der Waals surface area contributed by atoms with Gasteiger partial charge in [-0.1, -0.05) is 58.5 Å². The highest BCUT2D eigenvalue weighted by Crippen LogP contribution is 2.10. The highest BCUT2D eigenvalue weighted by atomic mass is 127. The second-order valence-corrected chi connectivity index (χ2v) is 5.05. The molecule has 0 amide bonds. The van der Waals surface area contributed by atoms with E-state index in [2.05, 4.69) is 52.1 Å². The summed E-state index contributed by atoms with van der Waals surface area (Å²) < 4.78 is 6.09. The molecule has 0 heterocycles. The van der Waals surface area contributed by atoms with Gasteiger partial charge in [-0.15, -0.1) is 0 Å². The first-order chi connectivity index (χ1) is 5.72. The number of esters is 1. The van der Waals surface area contributed by atoms with Crippen molar-refractivity contribution in [2.45, 2.75) is 30.1 Å². The lowest BCUT2D eigenvalue weighted by molar-refractivity contribution is -0.142. The molecule has 0 saturated carbocycles. The first-order valence-corrected chi connectivity index (χ1v) is 6.86. The predicted octanol–water partition coefficient (Wildman–Crippen LogP) is 2.96. The molecule has 0 rings (SSSR count). The quantitative estimate of drug-likeness (QED) is 0.299. The highest BCUT2D eigenvalue weighted by Gasteiger charge is 2.14. The normalized spacial score (nSPS) is 12.6. The number of halogens is 2. The van der Waals surface area contributed by atoms with E-state index in [-0.39, 0.29) is 9.89 Å². The molecule has 72 valence electrons. The summed E-state index contributed by atoms with van der Waals surface area (Å²) in [6.07, 6.45) is 2.96. The molecule has 0 aromatic rings. The molecule has 0 aliphatic heterocycles. The number of carbonyl (C=O) groups excluding carboxylic acids is 1. The monoisotopic (exact) mass is 396 g/mol. The van der Waals surface area contributed by atoms with Crippen molar-refractivity contribution in [3.05, 3.63) is 0 Å². The molecule has 0 radical (unpaired) electrons. The van der Waals surface area contributed by atoms with Gasteiger partial charge in [0.2, 0.25) is 0 Å². The van der Waals surface area contributed by atoms with Crippen molar-refractivity contribution >= 4 is 51.2 Å². The molecule has 2 nitrogen and oxygen atoms in total. The number of hydrogen-bond acceptors (Lipinski definition) is 2. The zero-order valence-electron chi connectivity index (χ0n) is 7.19. The fourth-order valence-corrected chi connectivity index (χ4v) is 2.93. The van der Waals surface area contributed by atoms with Gasteiger partial charge in [-0.2, -0.15) is 0 Å². The minimum Gasteiger partial charge on any atom is -0.465 e. The molecule has 12 heavy (non-hydrogen) atoms. The third kappa shape index (κ3) is 6.45. The van der Waals surface area contributed by atoms with Crippen LogP contribution in [0.5, 0.6) is 0 Å². The van der Waals surface area contributed by atoms with Gasteiger partial charge in [-0.25, -0.2) is 0 Å². The van der Waals surface area contributed by atoms with E-state index >= 15 is 0 Å². The van der Waals surface area contributed by atoms with E-state index in [1.165, 1.54) is 0 Å². The van der Waals surface area contributed by atoms with Gasteiger partial charge in [0, 0.05) is 4.43 Å². The average Bonchev–Trinajstić information content (AvgIpc) is 2.05. The lowest BCUT2D eigenvalue weighted by Gasteiger charge is -2.07. The van der Waals surface area contributed by atoms with Crippen LogP contribution in [0.2, 0.25) is 0 Å². The Morgan fingerprint density at radius 3 is 2.75 bits per heavy atom. The lowest BCUT2D eigenvalue weighted by Crippen LogP contribution is -2.18. The number of hydrogen-bond donors (Lipinski definition) is 0. The smallest absolute Gasteiger partial charge is 0.318 e. The van der Waals surface area contributed by atoms with Crippen molar-refractivity contribution in [1.29, 1.82) is 0 Å². The second-order valence-electron chi connectivity index (χ2n) is 2.47. The largest absolute Gasteiger partial charge is 0.465 e. The molecule has 0 spiro atoms. The maximum atomic E-state index is 11.2. The Bertz CT molecular complexity index is 128. The lowest BCUT2D eigenvalue weighted by atomic mass is 10.3. The molecular formula is C8H14I2O2. The molecule has 0 N–H and O–H groups in total. The molecule has 0 fully saturated rings. The van der Waals surface area contributed by atoms with Gasteiger partial charge in [0.15, 0.2) is 0 Å². The molecule has 0 saturated heterocycles. The Hall–Kier alpha value is 0.930. The number of ether oxygens (including phenoxy) is 1. The summed E-state index contributed by atoms with van der Waals surface area (Å²) in [5, 5.41) is 0. The van der Waals surface area contributed by atoms with Crippen LogP contribution in [0.1, 0.15) is 26.2 Å². The zero-order chi connectivity index (χ0) is 9.40. The fraction of sp³-hybridized carbons (Fsp3) is 0.875. The molecular weight excluding hydrogens is 382 g/mol.